The standard InChI is InChI=1S/C14H16N2O4/c1-20-12-6-2-5-11(8-12)16-9-10(4-3-7-17)13(15-16)14(18)19/h2,5-6,8-9,17H,3-4,7H2,1H3,(H,18,19). The highest BCUT2D eigenvalue weighted by Gasteiger charge is 2.16. The fourth-order valence-electron chi connectivity index (χ4n) is 1.93. The van der Waals surface area contributed by atoms with E-state index in [1.54, 1.807) is 25.4 Å². The van der Waals surface area contributed by atoms with E-state index >= 15 is 0 Å². The van der Waals surface area contributed by atoms with Crippen molar-refractivity contribution in [2.24, 2.45) is 0 Å². The molecule has 20 heavy (non-hydrogen) atoms. The molecule has 1 aromatic carbocycles. The Kier molecular flexibility index (Phi) is 4.37. The van der Waals surface area contributed by atoms with Crippen LogP contribution in [0.2, 0.25) is 0 Å². The Labute approximate surface area is 116 Å². The Morgan fingerprint density at radius 1 is 1.45 bits per heavy atom. The van der Waals surface area contributed by atoms with Gasteiger partial charge in [0.05, 0.1) is 12.8 Å². The Bertz CT molecular complexity index is 607. The maximum atomic E-state index is 11.2. The van der Waals surface area contributed by atoms with E-state index in [2.05, 4.69) is 5.10 Å². The minimum absolute atomic E-state index is 0.0151. The lowest BCUT2D eigenvalue weighted by Crippen LogP contribution is -2.03. The molecule has 0 unspecified atom stereocenters. The van der Waals surface area contributed by atoms with Crippen LogP contribution in [0.3, 0.4) is 0 Å². The molecule has 0 aliphatic rings. The summed E-state index contributed by atoms with van der Waals surface area (Å²) in [6.07, 6.45) is 2.65. The van der Waals surface area contributed by atoms with Crippen LogP contribution in [0.5, 0.6) is 5.75 Å². The summed E-state index contributed by atoms with van der Waals surface area (Å²) in [4.78, 5) is 11.2. The van der Waals surface area contributed by atoms with Gasteiger partial charge in [-0.3, -0.25) is 0 Å². The van der Waals surface area contributed by atoms with Crippen LogP contribution < -0.4 is 4.74 Å². The summed E-state index contributed by atoms with van der Waals surface area (Å²) < 4.78 is 6.65. The van der Waals surface area contributed by atoms with Crippen molar-refractivity contribution in [3.05, 3.63) is 41.7 Å². The van der Waals surface area contributed by atoms with Crippen LogP contribution in [0.15, 0.2) is 30.5 Å². The molecule has 106 valence electrons. The van der Waals surface area contributed by atoms with E-state index in [4.69, 9.17) is 14.9 Å². The monoisotopic (exact) mass is 276 g/mol. The number of carboxylic acid groups (broad SMARTS) is 1. The van der Waals surface area contributed by atoms with Crippen LogP contribution in [-0.4, -0.2) is 39.7 Å². The zero-order valence-corrected chi connectivity index (χ0v) is 11.1. The first-order valence-corrected chi connectivity index (χ1v) is 6.23. The van der Waals surface area contributed by atoms with Crippen molar-refractivity contribution in [2.45, 2.75) is 12.8 Å². The van der Waals surface area contributed by atoms with Crippen LogP contribution in [0.1, 0.15) is 22.5 Å². The molecule has 0 saturated heterocycles. The van der Waals surface area contributed by atoms with Crippen molar-refractivity contribution in [3.63, 3.8) is 0 Å². The van der Waals surface area contributed by atoms with Crippen molar-refractivity contribution in [1.29, 1.82) is 0 Å². The van der Waals surface area contributed by atoms with Crippen molar-refractivity contribution >= 4 is 5.97 Å². The number of ether oxygens (including phenoxy) is 1. The van der Waals surface area contributed by atoms with Crippen molar-refractivity contribution in [1.82, 2.24) is 9.78 Å². The lowest BCUT2D eigenvalue weighted by Gasteiger charge is -2.03. The number of benzene rings is 1. The molecule has 6 heteroatoms. The van der Waals surface area contributed by atoms with Gasteiger partial charge in [0.25, 0.3) is 0 Å². The first-order chi connectivity index (χ1) is 9.65. The van der Waals surface area contributed by atoms with Crippen LogP contribution in [0.25, 0.3) is 5.69 Å². The highest BCUT2D eigenvalue weighted by molar-refractivity contribution is 5.87. The van der Waals surface area contributed by atoms with E-state index < -0.39 is 5.97 Å². The summed E-state index contributed by atoms with van der Waals surface area (Å²) in [7, 11) is 1.57. The zero-order valence-electron chi connectivity index (χ0n) is 11.1. The number of rotatable bonds is 6. The van der Waals surface area contributed by atoms with Gasteiger partial charge in [0.1, 0.15) is 5.75 Å². The highest BCUT2D eigenvalue weighted by atomic mass is 16.5. The normalized spacial score (nSPS) is 10.5. The minimum atomic E-state index is -1.07. The second-order valence-corrected chi connectivity index (χ2v) is 4.28. The molecule has 0 radical (unpaired) electrons. The molecule has 0 bridgehead atoms. The summed E-state index contributed by atoms with van der Waals surface area (Å²) in [6, 6.07) is 7.20. The molecule has 2 N–H and O–H groups in total. The molecule has 0 aliphatic carbocycles. The third-order valence-electron chi connectivity index (χ3n) is 2.91. The van der Waals surface area contributed by atoms with Gasteiger partial charge in [0.2, 0.25) is 0 Å². The lowest BCUT2D eigenvalue weighted by molar-refractivity contribution is 0.0688. The summed E-state index contributed by atoms with van der Waals surface area (Å²) in [5, 5.41) is 22.1. The quantitative estimate of drug-likeness (QED) is 0.835. The molecular formula is C14H16N2O4. The SMILES string of the molecule is COc1cccc(-n2cc(CCCO)c(C(=O)O)n2)c1. The van der Waals surface area contributed by atoms with Gasteiger partial charge in [-0.1, -0.05) is 6.07 Å². The van der Waals surface area contributed by atoms with E-state index in [-0.39, 0.29) is 12.3 Å². The van der Waals surface area contributed by atoms with Crippen molar-refractivity contribution in [3.8, 4) is 11.4 Å². The summed E-state index contributed by atoms with van der Waals surface area (Å²) >= 11 is 0. The third kappa shape index (κ3) is 2.97. The predicted molar refractivity (Wildman–Crippen MR) is 72.5 cm³/mol. The number of aliphatic hydroxyl groups excluding tert-OH is 1. The molecule has 1 heterocycles. The highest BCUT2D eigenvalue weighted by Crippen LogP contribution is 2.18. The number of nitrogens with zero attached hydrogens (tertiary/aromatic N) is 2. The van der Waals surface area contributed by atoms with E-state index in [1.165, 1.54) is 4.68 Å². The number of methoxy groups -OCH3 is 1. The Morgan fingerprint density at radius 3 is 2.90 bits per heavy atom. The van der Waals surface area contributed by atoms with Gasteiger partial charge in [0, 0.05) is 24.4 Å². The van der Waals surface area contributed by atoms with E-state index in [0.717, 1.165) is 5.69 Å². The number of aromatic nitrogens is 2. The average molecular weight is 276 g/mol. The van der Waals surface area contributed by atoms with Gasteiger partial charge in [-0.2, -0.15) is 5.10 Å². The molecular weight excluding hydrogens is 260 g/mol. The smallest absolute Gasteiger partial charge is 0.356 e. The number of aryl methyl sites for hydroxylation is 1. The van der Waals surface area contributed by atoms with Crippen molar-refractivity contribution in [2.75, 3.05) is 13.7 Å². The fourth-order valence-corrected chi connectivity index (χ4v) is 1.93. The second-order valence-electron chi connectivity index (χ2n) is 4.28. The summed E-state index contributed by atoms with van der Waals surface area (Å²) in [5.74, 6) is -0.397. The zero-order chi connectivity index (χ0) is 14.5. The van der Waals surface area contributed by atoms with Gasteiger partial charge >= 0.3 is 5.97 Å². The molecule has 0 atom stereocenters. The second kappa shape index (κ2) is 6.21. The van der Waals surface area contributed by atoms with Gasteiger partial charge in [-0.05, 0) is 25.0 Å². The number of hydrogen-bond donors (Lipinski definition) is 2. The average Bonchev–Trinajstić information content (AvgIpc) is 2.89. The molecule has 0 fully saturated rings. The lowest BCUT2D eigenvalue weighted by atomic mass is 10.1. The van der Waals surface area contributed by atoms with E-state index in [0.29, 0.717) is 24.2 Å². The Morgan fingerprint density at radius 2 is 2.25 bits per heavy atom. The van der Waals surface area contributed by atoms with E-state index in [9.17, 15) is 4.79 Å². The number of aromatic carboxylic acids is 1. The fraction of sp³-hybridized carbons (Fsp3) is 0.286. The molecule has 1 aromatic heterocycles. The molecule has 2 rings (SSSR count). The van der Waals surface area contributed by atoms with Crippen molar-refractivity contribution < 1.29 is 19.7 Å². The van der Waals surface area contributed by atoms with Crippen LogP contribution >= 0.6 is 0 Å². The summed E-state index contributed by atoms with van der Waals surface area (Å²) in [5.41, 5.74) is 1.35. The maximum absolute atomic E-state index is 11.2. The first kappa shape index (κ1) is 14.1. The predicted octanol–water partition coefficient (Wildman–Crippen LogP) is 1.50. The molecule has 6 nitrogen and oxygen atoms in total. The molecule has 0 aliphatic heterocycles. The number of carboxylic acids is 1. The van der Waals surface area contributed by atoms with Gasteiger partial charge in [0.15, 0.2) is 5.69 Å². The molecule has 0 spiro atoms. The third-order valence-corrected chi connectivity index (χ3v) is 2.91. The van der Waals surface area contributed by atoms with E-state index in [1.807, 2.05) is 12.1 Å². The van der Waals surface area contributed by atoms with Crippen LogP contribution in [0.4, 0.5) is 0 Å². The molecule has 0 amide bonds. The Balaban J connectivity index is 2.38. The van der Waals surface area contributed by atoms with Crippen LogP contribution in [-0.2, 0) is 6.42 Å². The van der Waals surface area contributed by atoms with Gasteiger partial charge in [-0.25, -0.2) is 9.48 Å². The number of aliphatic hydroxyl groups is 1. The molecule has 2 aromatic rings. The Hall–Kier alpha value is -2.34. The number of hydrogen-bond acceptors (Lipinski definition) is 4. The summed E-state index contributed by atoms with van der Waals surface area (Å²) in [6.45, 7) is 0.0173. The maximum Gasteiger partial charge on any atom is 0.356 e. The first-order valence-electron chi connectivity index (χ1n) is 6.23. The topological polar surface area (TPSA) is 84.6 Å². The number of carbonyl (C=O) groups is 1. The molecule has 0 saturated carbocycles. The van der Waals surface area contributed by atoms with Gasteiger partial charge in [-0.15, -0.1) is 0 Å². The minimum Gasteiger partial charge on any atom is -0.497 e. The van der Waals surface area contributed by atoms with Gasteiger partial charge < -0.3 is 14.9 Å². The largest absolute Gasteiger partial charge is 0.497 e. The van der Waals surface area contributed by atoms with Crippen LogP contribution in [0, 0.1) is 0 Å².